The van der Waals surface area contributed by atoms with Crippen LogP contribution in [0.4, 0.5) is 21.5 Å². The number of nitro benzene ring substituents is 1. The summed E-state index contributed by atoms with van der Waals surface area (Å²) in [5.74, 6) is -2.43. The van der Waals surface area contributed by atoms with E-state index in [2.05, 4.69) is 5.32 Å². The van der Waals surface area contributed by atoms with E-state index in [1.807, 2.05) is 0 Å². The maximum atomic E-state index is 13.8. The highest BCUT2D eigenvalue weighted by Gasteiger charge is 2.23. The van der Waals surface area contributed by atoms with E-state index in [1.54, 1.807) is 14.1 Å². The molecule has 10 heteroatoms. The van der Waals surface area contributed by atoms with Crippen LogP contribution in [0.3, 0.4) is 0 Å². The maximum absolute atomic E-state index is 13.8. The molecule has 0 fully saturated rings. The molecule has 0 bridgehead atoms. The van der Waals surface area contributed by atoms with Crippen LogP contribution in [0.25, 0.3) is 0 Å². The molecule has 0 aliphatic rings. The van der Waals surface area contributed by atoms with Gasteiger partial charge in [-0.05, 0) is 37.3 Å². The number of carbonyl (C=O) groups excluding carboxylic acids is 2. The monoisotopic (exact) mass is 409 g/mol. The van der Waals surface area contributed by atoms with Crippen LogP contribution in [0, 0.1) is 15.9 Å². The first-order valence-electron chi connectivity index (χ1n) is 8.02. The molecule has 0 saturated heterocycles. The van der Waals surface area contributed by atoms with Gasteiger partial charge in [0.1, 0.15) is 11.5 Å². The van der Waals surface area contributed by atoms with Crippen LogP contribution in [0.2, 0.25) is 5.02 Å². The van der Waals surface area contributed by atoms with Crippen LogP contribution in [0.15, 0.2) is 36.4 Å². The van der Waals surface area contributed by atoms with E-state index in [0.29, 0.717) is 5.69 Å². The summed E-state index contributed by atoms with van der Waals surface area (Å²) in [5.41, 5.74) is -0.178. The topological polar surface area (TPSA) is 102 Å². The van der Waals surface area contributed by atoms with Gasteiger partial charge in [-0.2, -0.15) is 0 Å². The Hall–Kier alpha value is -3.20. The molecule has 8 nitrogen and oxygen atoms in total. The number of hydrogen-bond donors (Lipinski definition) is 1. The molecule has 2 aromatic rings. The number of esters is 1. The second-order valence-corrected chi connectivity index (χ2v) is 6.45. The van der Waals surface area contributed by atoms with Gasteiger partial charge in [0, 0.05) is 25.2 Å². The molecule has 0 spiro atoms. The van der Waals surface area contributed by atoms with Crippen molar-refractivity contribution in [3.05, 3.63) is 62.9 Å². The molecule has 0 aliphatic heterocycles. The van der Waals surface area contributed by atoms with Crippen molar-refractivity contribution in [1.29, 1.82) is 0 Å². The van der Waals surface area contributed by atoms with E-state index in [4.69, 9.17) is 16.3 Å². The molecule has 148 valence electrons. The number of ether oxygens (including phenoxy) is 1. The number of amides is 1. The van der Waals surface area contributed by atoms with Crippen molar-refractivity contribution in [1.82, 2.24) is 0 Å². The number of carbonyl (C=O) groups is 2. The van der Waals surface area contributed by atoms with Crippen molar-refractivity contribution >= 4 is 40.5 Å². The summed E-state index contributed by atoms with van der Waals surface area (Å²) in [6, 6.07) is 7.52. The summed E-state index contributed by atoms with van der Waals surface area (Å²) in [4.78, 5) is 36.5. The second-order valence-electron chi connectivity index (χ2n) is 6.02. The van der Waals surface area contributed by atoms with Crippen LogP contribution in [-0.2, 0) is 9.53 Å². The Labute approximate surface area is 165 Å². The predicted molar refractivity (Wildman–Crippen MR) is 102 cm³/mol. The molecule has 0 radical (unpaired) electrons. The fourth-order valence-corrected chi connectivity index (χ4v) is 2.44. The highest BCUT2D eigenvalue weighted by molar-refractivity contribution is 6.30. The molecule has 0 saturated carbocycles. The quantitative estimate of drug-likeness (QED) is 0.444. The van der Waals surface area contributed by atoms with E-state index in [0.717, 1.165) is 12.1 Å². The van der Waals surface area contributed by atoms with Gasteiger partial charge >= 0.3 is 5.97 Å². The van der Waals surface area contributed by atoms with Crippen LogP contribution in [0.1, 0.15) is 17.3 Å². The number of rotatable bonds is 6. The Morgan fingerprint density at radius 3 is 2.50 bits per heavy atom. The largest absolute Gasteiger partial charge is 0.449 e. The number of hydrogen-bond acceptors (Lipinski definition) is 6. The summed E-state index contributed by atoms with van der Waals surface area (Å²) in [5, 5.41) is 13.7. The zero-order valence-corrected chi connectivity index (χ0v) is 16.0. The number of nitrogens with zero attached hydrogens (tertiary/aromatic N) is 2. The van der Waals surface area contributed by atoms with Gasteiger partial charge in [-0.25, -0.2) is 9.18 Å². The van der Waals surface area contributed by atoms with Gasteiger partial charge in [0.25, 0.3) is 11.6 Å². The van der Waals surface area contributed by atoms with Crippen molar-refractivity contribution in [3.63, 3.8) is 0 Å². The van der Waals surface area contributed by atoms with E-state index in [9.17, 15) is 24.1 Å². The van der Waals surface area contributed by atoms with Gasteiger partial charge in [0.2, 0.25) is 0 Å². The van der Waals surface area contributed by atoms with Gasteiger partial charge in [0.05, 0.1) is 16.2 Å². The molecule has 1 N–H and O–H groups in total. The minimum atomic E-state index is -1.27. The first-order chi connectivity index (χ1) is 13.1. The minimum Gasteiger partial charge on any atom is -0.449 e. The first kappa shape index (κ1) is 21.1. The van der Waals surface area contributed by atoms with Crippen LogP contribution < -0.4 is 10.2 Å². The summed E-state index contributed by atoms with van der Waals surface area (Å²) in [7, 11) is 3.26. The molecular weight excluding hydrogens is 393 g/mol. The third kappa shape index (κ3) is 4.95. The van der Waals surface area contributed by atoms with E-state index >= 15 is 0 Å². The van der Waals surface area contributed by atoms with Crippen LogP contribution >= 0.6 is 11.6 Å². The summed E-state index contributed by atoms with van der Waals surface area (Å²) < 4.78 is 18.8. The Morgan fingerprint density at radius 2 is 1.93 bits per heavy atom. The molecular formula is C18H17ClFN3O5. The predicted octanol–water partition coefficient (Wildman–Crippen LogP) is 3.64. The van der Waals surface area contributed by atoms with Gasteiger partial charge in [-0.1, -0.05) is 11.6 Å². The molecule has 2 rings (SSSR count). The molecule has 28 heavy (non-hydrogen) atoms. The zero-order valence-electron chi connectivity index (χ0n) is 15.2. The highest BCUT2D eigenvalue weighted by Crippen LogP contribution is 2.28. The van der Waals surface area contributed by atoms with Gasteiger partial charge < -0.3 is 15.0 Å². The molecule has 1 atom stereocenters. The standard InChI is InChI=1S/C18H17ClFN3O5/c1-10(17(24)21-14-6-5-12(19)9-13(14)20)28-18(25)11-4-7-15(22(2)3)16(8-11)23(26)27/h4-10H,1-3H3,(H,21,24)/t10-/m1/s1. The SMILES string of the molecule is C[C@@H](OC(=O)c1ccc(N(C)C)c([N+](=O)[O-])c1)C(=O)Nc1ccc(Cl)cc1F. The van der Waals surface area contributed by atoms with E-state index in [1.165, 1.54) is 36.1 Å². The van der Waals surface area contributed by atoms with Gasteiger partial charge in [0.15, 0.2) is 6.10 Å². The van der Waals surface area contributed by atoms with E-state index < -0.39 is 28.7 Å². The van der Waals surface area contributed by atoms with Gasteiger partial charge in [-0.15, -0.1) is 0 Å². The molecule has 2 aromatic carbocycles. The Kier molecular flexibility index (Phi) is 6.53. The van der Waals surface area contributed by atoms with E-state index in [-0.39, 0.29) is 22.0 Å². The highest BCUT2D eigenvalue weighted by atomic mass is 35.5. The molecule has 0 aromatic heterocycles. The average molecular weight is 410 g/mol. The van der Waals surface area contributed by atoms with Crippen molar-refractivity contribution in [2.24, 2.45) is 0 Å². The third-order valence-corrected chi connectivity index (χ3v) is 3.97. The molecule has 0 heterocycles. The molecule has 0 unspecified atom stereocenters. The molecule has 0 aliphatic carbocycles. The summed E-state index contributed by atoms with van der Waals surface area (Å²) in [6.07, 6.45) is -1.27. The van der Waals surface area contributed by atoms with Crippen molar-refractivity contribution < 1.29 is 23.6 Å². The average Bonchev–Trinajstić information content (AvgIpc) is 2.63. The minimum absolute atomic E-state index is 0.0883. The zero-order chi connectivity index (χ0) is 21.0. The van der Waals surface area contributed by atoms with Crippen LogP contribution in [0.5, 0.6) is 0 Å². The Balaban J connectivity index is 2.12. The van der Waals surface area contributed by atoms with Crippen molar-refractivity contribution in [3.8, 4) is 0 Å². The number of benzene rings is 2. The summed E-state index contributed by atoms with van der Waals surface area (Å²) >= 11 is 5.65. The second kappa shape index (κ2) is 8.66. The lowest BCUT2D eigenvalue weighted by molar-refractivity contribution is -0.384. The summed E-state index contributed by atoms with van der Waals surface area (Å²) in [6.45, 7) is 1.30. The van der Waals surface area contributed by atoms with Crippen LogP contribution in [-0.4, -0.2) is 37.0 Å². The number of halogens is 2. The smallest absolute Gasteiger partial charge is 0.339 e. The lowest BCUT2D eigenvalue weighted by Gasteiger charge is -2.15. The fourth-order valence-electron chi connectivity index (χ4n) is 2.28. The number of nitrogens with one attached hydrogen (secondary N) is 1. The third-order valence-electron chi connectivity index (χ3n) is 3.73. The van der Waals surface area contributed by atoms with Crippen molar-refractivity contribution in [2.45, 2.75) is 13.0 Å². The lowest BCUT2D eigenvalue weighted by Crippen LogP contribution is -2.30. The maximum Gasteiger partial charge on any atom is 0.339 e. The number of nitro groups is 1. The molecule has 1 amide bonds. The first-order valence-corrected chi connectivity index (χ1v) is 8.40. The lowest BCUT2D eigenvalue weighted by atomic mass is 10.1. The Morgan fingerprint density at radius 1 is 1.25 bits per heavy atom. The van der Waals surface area contributed by atoms with Gasteiger partial charge in [-0.3, -0.25) is 14.9 Å². The fraction of sp³-hybridized carbons (Fsp3) is 0.222. The normalized spacial score (nSPS) is 11.5. The van der Waals surface area contributed by atoms with Crippen molar-refractivity contribution in [2.75, 3.05) is 24.3 Å². The Bertz CT molecular complexity index is 935. The number of anilines is 2.